The second-order valence-electron chi connectivity index (χ2n) is 7.44. The molecule has 0 saturated carbocycles. The molecule has 5 nitrogen and oxygen atoms in total. The fourth-order valence-corrected chi connectivity index (χ4v) is 3.75. The van der Waals surface area contributed by atoms with Crippen LogP contribution in [0.15, 0.2) is 36.4 Å². The number of benzene rings is 2. The minimum Gasteiger partial charge on any atom is -0.487 e. The van der Waals surface area contributed by atoms with Crippen molar-refractivity contribution in [2.45, 2.75) is 38.8 Å². The Morgan fingerprint density at radius 3 is 2.75 bits per heavy atom. The molecule has 0 unspecified atom stereocenters. The van der Waals surface area contributed by atoms with E-state index in [1.54, 1.807) is 18.2 Å². The van der Waals surface area contributed by atoms with Crippen LogP contribution in [0.25, 0.3) is 0 Å². The Hall–Kier alpha value is -2.31. The van der Waals surface area contributed by atoms with Crippen LogP contribution in [-0.4, -0.2) is 23.8 Å². The summed E-state index contributed by atoms with van der Waals surface area (Å²) in [6.45, 7) is 6.17. The Balaban J connectivity index is 1.78. The lowest BCUT2D eigenvalue weighted by atomic mass is 9.89. The van der Waals surface area contributed by atoms with Gasteiger partial charge in [0.25, 0.3) is 0 Å². The summed E-state index contributed by atoms with van der Waals surface area (Å²) in [5.74, 6) is 0.365. The van der Waals surface area contributed by atoms with E-state index >= 15 is 0 Å². The van der Waals surface area contributed by atoms with Gasteiger partial charge >= 0.3 is 5.97 Å². The van der Waals surface area contributed by atoms with Gasteiger partial charge in [0.2, 0.25) is 0 Å². The minimum atomic E-state index is -0.497. The van der Waals surface area contributed by atoms with Crippen LogP contribution in [-0.2, 0) is 4.74 Å². The summed E-state index contributed by atoms with van der Waals surface area (Å²) < 4.78 is 10.9. The Bertz CT molecular complexity index is 930. The molecule has 2 N–H and O–H groups in total. The van der Waals surface area contributed by atoms with E-state index in [0.29, 0.717) is 15.8 Å². The average Bonchev–Trinajstić information content (AvgIpc) is 2.62. The average molecular weight is 419 g/mol. The third-order valence-corrected chi connectivity index (χ3v) is 5.11. The van der Waals surface area contributed by atoms with Gasteiger partial charge in [0.1, 0.15) is 11.4 Å². The number of methoxy groups -OCH3 is 1. The molecule has 0 aromatic heterocycles. The fraction of sp³-hybridized carbons (Fsp3) is 0.333. The molecule has 1 aliphatic rings. The van der Waals surface area contributed by atoms with Crippen molar-refractivity contribution in [3.63, 3.8) is 0 Å². The topological polar surface area (TPSA) is 59.6 Å². The molecule has 0 fully saturated rings. The van der Waals surface area contributed by atoms with E-state index in [-0.39, 0.29) is 17.2 Å². The van der Waals surface area contributed by atoms with Crippen molar-refractivity contribution in [2.75, 3.05) is 12.4 Å². The summed E-state index contributed by atoms with van der Waals surface area (Å²) in [6.07, 6.45) is 0.763. The molecule has 2 aromatic carbocycles. The van der Waals surface area contributed by atoms with Crippen LogP contribution in [0.2, 0.25) is 5.02 Å². The predicted molar refractivity (Wildman–Crippen MR) is 115 cm³/mol. The van der Waals surface area contributed by atoms with Crippen molar-refractivity contribution in [3.05, 3.63) is 58.1 Å². The fourth-order valence-electron chi connectivity index (χ4n) is 3.30. The molecule has 1 heterocycles. The molecule has 7 heteroatoms. The molecule has 0 amide bonds. The van der Waals surface area contributed by atoms with E-state index < -0.39 is 5.97 Å². The zero-order chi connectivity index (χ0) is 20.5. The van der Waals surface area contributed by atoms with Gasteiger partial charge in [-0.3, -0.25) is 0 Å². The van der Waals surface area contributed by atoms with Crippen LogP contribution in [0, 0.1) is 6.92 Å². The van der Waals surface area contributed by atoms with E-state index in [1.165, 1.54) is 7.11 Å². The lowest BCUT2D eigenvalue weighted by molar-refractivity contribution is 0.0600. The van der Waals surface area contributed by atoms with Crippen molar-refractivity contribution in [1.82, 2.24) is 5.32 Å². The van der Waals surface area contributed by atoms with Crippen LogP contribution in [0.3, 0.4) is 0 Å². The smallest absolute Gasteiger partial charge is 0.339 e. The number of fused-ring (bicyclic) bond motifs is 1. The lowest BCUT2D eigenvalue weighted by Gasteiger charge is -2.38. The molecule has 0 aliphatic carbocycles. The highest BCUT2D eigenvalue weighted by Gasteiger charge is 2.34. The number of carbonyl (C=O) groups is 1. The first kappa shape index (κ1) is 20.4. The minimum absolute atomic E-state index is 0.00558. The van der Waals surface area contributed by atoms with Gasteiger partial charge in [0.15, 0.2) is 5.11 Å². The first-order valence-electron chi connectivity index (χ1n) is 8.93. The summed E-state index contributed by atoms with van der Waals surface area (Å²) in [7, 11) is 1.32. The van der Waals surface area contributed by atoms with Gasteiger partial charge in [-0.05, 0) is 57.3 Å². The number of hydrogen-bond acceptors (Lipinski definition) is 4. The lowest BCUT2D eigenvalue weighted by Crippen LogP contribution is -2.42. The number of carbonyl (C=O) groups excluding carboxylic acids is 1. The maximum Gasteiger partial charge on any atom is 0.339 e. The van der Waals surface area contributed by atoms with E-state index in [1.807, 2.05) is 12.1 Å². The summed E-state index contributed by atoms with van der Waals surface area (Å²) >= 11 is 11.6. The predicted octanol–water partition coefficient (Wildman–Crippen LogP) is 5.02. The van der Waals surface area contributed by atoms with E-state index in [2.05, 4.69) is 37.5 Å². The highest BCUT2D eigenvalue weighted by molar-refractivity contribution is 7.80. The molecule has 1 aliphatic heterocycles. The zero-order valence-electron chi connectivity index (χ0n) is 16.3. The number of nitrogens with one attached hydrogen (secondary N) is 2. The van der Waals surface area contributed by atoms with Gasteiger partial charge in [0.05, 0.1) is 23.7 Å². The van der Waals surface area contributed by atoms with Gasteiger partial charge in [-0.15, -0.1) is 0 Å². The number of aryl methyl sites for hydroxylation is 1. The van der Waals surface area contributed by atoms with E-state index in [0.717, 1.165) is 23.3 Å². The number of hydrogen-bond donors (Lipinski definition) is 2. The Morgan fingerprint density at radius 2 is 2.04 bits per heavy atom. The number of ether oxygens (including phenoxy) is 2. The molecule has 148 valence electrons. The Morgan fingerprint density at radius 1 is 1.29 bits per heavy atom. The number of anilines is 1. The molecule has 2 aromatic rings. The second-order valence-corrected chi connectivity index (χ2v) is 8.26. The summed E-state index contributed by atoms with van der Waals surface area (Å²) in [5.41, 5.74) is 2.86. The van der Waals surface area contributed by atoms with E-state index in [4.69, 9.17) is 33.3 Å². The van der Waals surface area contributed by atoms with Gasteiger partial charge in [0, 0.05) is 17.7 Å². The maximum atomic E-state index is 11.8. The maximum absolute atomic E-state index is 11.8. The van der Waals surface area contributed by atoms with Gasteiger partial charge in [-0.2, -0.15) is 0 Å². The van der Waals surface area contributed by atoms with Crippen LogP contribution >= 0.6 is 23.8 Å². The molecule has 1 atom stereocenters. The second kappa shape index (κ2) is 7.97. The zero-order valence-corrected chi connectivity index (χ0v) is 17.8. The van der Waals surface area contributed by atoms with Crippen molar-refractivity contribution < 1.29 is 14.3 Å². The summed E-state index contributed by atoms with van der Waals surface area (Å²) in [5, 5.41) is 7.27. The molecule has 28 heavy (non-hydrogen) atoms. The first-order chi connectivity index (χ1) is 13.2. The van der Waals surface area contributed by atoms with Gasteiger partial charge < -0.3 is 20.1 Å². The molecule has 3 rings (SSSR count). The van der Waals surface area contributed by atoms with Crippen molar-refractivity contribution in [3.8, 4) is 5.75 Å². The number of halogens is 1. The Labute approximate surface area is 175 Å². The number of esters is 1. The molecule has 0 bridgehead atoms. The molecular weight excluding hydrogens is 396 g/mol. The molecule has 0 radical (unpaired) electrons. The monoisotopic (exact) mass is 418 g/mol. The third-order valence-electron chi connectivity index (χ3n) is 4.56. The van der Waals surface area contributed by atoms with Crippen LogP contribution in [0.4, 0.5) is 5.69 Å². The van der Waals surface area contributed by atoms with Crippen LogP contribution in [0.1, 0.15) is 47.8 Å². The molecule has 0 spiro atoms. The Kier molecular flexibility index (Phi) is 5.82. The van der Waals surface area contributed by atoms with Crippen molar-refractivity contribution in [1.29, 1.82) is 0 Å². The van der Waals surface area contributed by atoms with Crippen molar-refractivity contribution >= 4 is 40.6 Å². The normalized spacial score (nSPS) is 17.1. The van der Waals surface area contributed by atoms with Crippen LogP contribution < -0.4 is 15.4 Å². The summed E-state index contributed by atoms with van der Waals surface area (Å²) in [6, 6.07) is 11.2. The van der Waals surface area contributed by atoms with Gasteiger partial charge in [-0.25, -0.2) is 4.79 Å². The largest absolute Gasteiger partial charge is 0.487 e. The number of rotatable bonds is 3. The third kappa shape index (κ3) is 4.56. The molecule has 0 saturated heterocycles. The summed E-state index contributed by atoms with van der Waals surface area (Å²) in [4.78, 5) is 11.8. The van der Waals surface area contributed by atoms with Gasteiger partial charge in [-0.1, -0.05) is 29.3 Å². The standard InChI is InChI=1S/C21H23ClN2O3S/c1-12-5-8-18-15(9-12)17(11-21(2,3)27-18)24-20(28)23-13-6-7-16(22)14(10-13)19(25)26-4/h5-10,17H,11H2,1-4H3,(H2,23,24,28)/t17-/m0/s1. The number of thiocarbonyl (C=S) groups is 1. The molecular formula is C21H23ClN2O3S. The van der Waals surface area contributed by atoms with Crippen molar-refractivity contribution in [2.24, 2.45) is 0 Å². The van der Waals surface area contributed by atoms with Crippen LogP contribution in [0.5, 0.6) is 5.75 Å². The van der Waals surface area contributed by atoms with E-state index in [9.17, 15) is 4.79 Å². The highest BCUT2D eigenvalue weighted by Crippen LogP contribution is 2.39. The SMILES string of the molecule is COC(=O)c1cc(NC(=S)N[C@H]2CC(C)(C)Oc3ccc(C)cc32)ccc1Cl. The quantitative estimate of drug-likeness (QED) is 0.539. The first-order valence-corrected chi connectivity index (χ1v) is 9.72. The highest BCUT2D eigenvalue weighted by atomic mass is 35.5.